The summed E-state index contributed by atoms with van der Waals surface area (Å²) in [5.74, 6) is 0. The smallest absolute Gasteiger partial charge is 0.0695 e. The highest BCUT2D eigenvalue weighted by atomic mass is 16.3. The van der Waals surface area contributed by atoms with Crippen molar-refractivity contribution in [1.82, 2.24) is 4.90 Å². The highest BCUT2D eigenvalue weighted by molar-refractivity contribution is 5.28. The van der Waals surface area contributed by atoms with Crippen molar-refractivity contribution in [3.8, 4) is 0 Å². The molecule has 1 N–H and O–H groups in total. The molecule has 0 radical (unpaired) electrons. The van der Waals surface area contributed by atoms with Crippen molar-refractivity contribution in [3.63, 3.8) is 0 Å². The first-order valence-corrected chi connectivity index (χ1v) is 6.83. The number of nitrogens with zero attached hydrogens (tertiary/aromatic N) is 1. The van der Waals surface area contributed by atoms with Crippen molar-refractivity contribution in [1.29, 1.82) is 0 Å². The van der Waals surface area contributed by atoms with Crippen molar-refractivity contribution < 1.29 is 5.11 Å². The minimum Gasteiger partial charge on any atom is -0.391 e. The number of aliphatic hydroxyl groups is 1. The molecule has 0 aromatic heterocycles. The summed E-state index contributed by atoms with van der Waals surface area (Å²) in [7, 11) is 0. The van der Waals surface area contributed by atoms with E-state index in [1.165, 1.54) is 24.0 Å². The van der Waals surface area contributed by atoms with Crippen molar-refractivity contribution in [2.24, 2.45) is 0 Å². The van der Waals surface area contributed by atoms with Gasteiger partial charge >= 0.3 is 0 Å². The Morgan fingerprint density at radius 1 is 1.00 bits per heavy atom. The molecule has 1 fully saturated rings. The molecule has 1 heterocycles. The highest BCUT2D eigenvalue weighted by Crippen LogP contribution is 2.26. The number of rotatable bonds is 1. The standard InChI is InChI=1S/C15H21NO/c17-15-7-3-6-14(15)16-10-8-12-4-1-2-5-13(12)9-11-16/h1-2,4-5,14-15,17H,3,6-11H2/t14-,15-/m0/s1. The van der Waals surface area contributed by atoms with E-state index in [1.807, 2.05) is 0 Å². The molecule has 92 valence electrons. The number of hydrogen-bond acceptors (Lipinski definition) is 2. The molecule has 2 heteroatoms. The van der Waals surface area contributed by atoms with Crippen LogP contribution in [0.15, 0.2) is 24.3 Å². The number of fused-ring (bicyclic) bond motifs is 1. The maximum atomic E-state index is 10.0. The Bertz CT molecular complexity index is 363. The van der Waals surface area contributed by atoms with Gasteiger partial charge in [0.1, 0.15) is 0 Å². The van der Waals surface area contributed by atoms with Gasteiger partial charge in [-0.2, -0.15) is 0 Å². The Morgan fingerprint density at radius 2 is 1.65 bits per heavy atom. The summed E-state index contributed by atoms with van der Waals surface area (Å²) >= 11 is 0. The average molecular weight is 231 g/mol. The topological polar surface area (TPSA) is 23.5 Å². The fourth-order valence-electron chi connectivity index (χ4n) is 3.36. The lowest BCUT2D eigenvalue weighted by molar-refractivity contribution is 0.0733. The van der Waals surface area contributed by atoms with Gasteiger partial charge in [0.15, 0.2) is 0 Å². The van der Waals surface area contributed by atoms with Gasteiger partial charge in [0.25, 0.3) is 0 Å². The fourth-order valence-corrected chi connectivity index (χ4v) is 3.36. The van der Waals surface area contributed by atoms with E-state index in [2.05, 4.69) is 29.2 Å². The van der Waals surface area contributed by atoms with E-state index in [4.69, 9.17) is 0 Å². The summed E-state index contributed by atoms with van der Waals surface area (Å²) in [5, 5.41) is 10.0. The summed E-state index contributed by atoms with van der Waals surface area (Å²) in [6.07, 6.45) is 5.55. The van der Waals surface area contributed by atoms with Gasteiger partial charge in [0.2, 0.25) is 0 Å². The monoisotopic (exact) mass is 231 g/mol. The normalized spacial score (nSPS) is 29.9. The molecule has 0 spiro atoms. The SMILES string of the molecule is O[C@H]1CCC[C@@H]1N1CCc2ccccc2CC1. The molecular formula is C15H21NO. The van der Waals surface area contributed by atoms with Crippen LogP contribution in [0.5, 0.6) is 0 Å². The lowest BCUT2D eigenvalue weighted by Crippen LogP contribution is -2.41. The van der Waals surface area contributed by atoms with Crippen molar-refractivity contribution in [2.45, 2.75) is 44.2 Å². The molecule has 17 heavy (non-hydrogen) atoms. The van der Waals surface area contributed by atoms with Crippen LogP contribution in [0.25, 0.3) is 0 Å². The van der Waals surface area contributed by atoms with Gasteiger partial charge in [-0.3, -0.25) is 4.90 Å². The van der Waals surface area contributed by atoms with E-state index in [0.717, 1.165) is 32.4 Å². The lowest BCUT2D eigenvalue weighted by Gasteiger charge is -2.29. The quantitative estimate of drug-likeness (QED) is 0.799. The van der Waals surface area contributed by atoms with Crippen LogP contribution in [0, 0.1) is 0 Å². The molecule has 1 aliphatic heterocycles. The molecule has 0 bridgehead atoms. The van der Waals surface area contributed by atoms with Crippen molar-refractivity contribution >= 4 is 0 Å². The molecule has 2 aliphatic rings. The lowest BCUT2D eigenvalue weighted by atomic mass is 10.0. The first-order valence-electron chi connectivity index (χ1n) is 6.83. The Kier molecular flexibility index (Phi) is 3.17. The summed E-state index contributed by atoms with van der Waals surface area (Å²) in [5.41, 5.74) is 3.00. The van der Waals surface area contributed by atoms with Gasteiger partial charge in [-0.05, 0) is 43.2 Å². The first kappa shape index (κ1) is 11.2. The second-order valence-corrected chi connectivity index (χ2v) is 5.37. The maximum Gasteiger partial charge on any atom is 0.0695 e. The second-order valence-electron chi connectivity index (χ2n) is 5.37. The molecule has 0 unspecified atom stereocenters. The summed E-state index contributed by atoms with van der Waals surface area (Å²) in [6.45, 7) is 2.22. The van der Waals surface area contributed by atoms with E-state index >= 15 is 0 Å². The summed E-state index contributed by atoms with van der Waals surface area (Å²) in [4.78, 5) is 2.51. The highest BCUT2D eigenvalue weighted by Gasteiger charge is 2.31. The van der Waals surface area contributed by atoms with E-state index in [0.29, 0.717) is 6.04 Å². The van der Waals surface area contributed by atoms with Gasteiger partial charge in [-0.15, -0.1) is 0 Å². The first-order chi connectivity index (χ1) is 8.34. The zero-order valence-electron chi connectivity index (χ0n) is 10.3. The zero-order chi connectivity index (χ0) is 11.7. The maximum absolute atomic E-state index is 10.0. The Labute approximate surface area is 103 Å². The van der Waals surface area contributed by atoms with Gasteiger partial charge in [0, 0.05) is 19.1 Å². The molecule has 2 atom stereocenters. The molecule has 3 rings (SSSR count). The van der Waals surface area contributed by atoms with Crippen LogP contribution in [0.2, 0.25) is 0 Å². The molecule has 1 aliphatic carbocycles. The van der Waals surface area contributed by atoms with Crippen LogP contribution < -0.4 is 0 Å². The summed E-state index contributed by atoms with van der Waals surface area (Å²) in [6, 6.07) is 9.20. The molecule has 0 saturated heterocycles. The van der Waals surface area contributed by atoms with Crippen LogP contribution in [-0.2, 0) is 12.8 Å². The third kappa shape index (κ3) is 2.24. The van der Waals surface area contributed by atoms with Gasteiger partial charge in [-0.1, -0.05) is 24.3 Å². The van der Waals surface area contributed by atoms with Crippen LogP contribution in [0.4, 0.5) is 0 Å². The van der Waals surface area contributed by atoms with Crippen LogP contribution >= 0.6 is 0 Å². The van der Waals surface area contributed by atoms with E-state index in [9.17, 15) is 5.11 Å². The predicted octanol–water partition coefficient (Wildman–Crippen LogP) is 2.00. The number of aliphatic hydroxyl groups excluding tert-OH is 1. The van der Waals surface area contributed by atoms with Crippen LogP contribution in [0.1, 0.15) is 30.4 Å². The third-order valence-electron chi connectivity index (χ3n) is 4.37. The molecule has 2 nitrogen and oxygen atoms in total. The van der Waals surface area contributed by atoms with Crippen LogP contribution in [-0.4, -0.2) is 35.2 Å². The molecular weight excluding hydrogens is 210 g/mol. The van der Waals surface area contributed by atoms with Crippen molar-refractivity contribution in [2.75, 3.05) is 13.1 Å². The Balaban J connectivity index is 1.72. The van der Waals surface area contributed by atoms with Gasteiger partial charge in [-0.25, -0.2) is 0 Å². The Morgan fingerprint density at radius 3 is 2.18 bits per heavy atom. The van der Waals surface area contributed by atoms with E-state index < -0.39 is 0 Å². The van der Waals surface area contributed by atoms with Crippen LogP contribution in [0.3, 0.4) is 0 Å². The number of hydrogen-bond donors (Lipinski definition) is 1. The van der Waals surface area contributed by atoms with Gasteiger partial charge < -0.3 is 5.11 Å². The summed E-state index contributed by atoms with van der Waals surface area (Å²) < 4.78 is 0. The van der Waals surface area contributed by atoms with Crippen molar-refractivity contribution in [3.05, 3.63) is 35.4 Å². The second kappa shape index (κ2) is 4.79. The number of benzene rings is 1. The van der Waals surface area contributed by atoms with E-state index in [1.54, 1.807) is 0 Å². The third-order valence-corrected chi connectivity index (χ3v) is 4.37. The molecule has 1 aromatic rings. The van der Waals surface area contributed by atoms with Gasteiger partial charge in [0.05, 0.1) is 6.10 Å². The fraction of sp³-hybridized carbons (Fsp3) is 0.600. The minimum atomic E-state index is -0.0868. The minimum absolute atomic E-state index is 0.0868. The molecule has 1 aromatic carbocycles. The average Bonchev–Trinajstić information content (AvgIpc) is 2.66. The molecule has 1 saturated carbocycles. The molecule has 0 amide bonds. The zero-order valence-corrected chi connectivity index (χ0v) is 10.3. The Hall–Kier alpha value is -0.860. The predicted molar refractivity (Wildman–Crippen MR) is 69.1 cm³/mol. The van der Waals surface area contributed by atoms with E-state index in [-0.39, 0.29) is 6.10 Å². The largest absolute Gasteiger partial charge is 0.391 e.